The van der Waals surface area contributed by atoms with Gasteiger partial charge in [-0.3, -0.25) is 4.31 Å². The van der Waals surface area contributed by atoms with Crippen LogP contribution in [0.5, 0.6) is 0 Å². The Bertz CT molecular complexity index is 238. The van der Waals surface area contributed by atoms with Gasteiger partial charge in [0.25, 0.3) is 0 Å². The van der Waals surface area contributed by atoms with Crippen LogP contribution in [0.15, 0.2) is 30.3 Å². The molecule has 0 aromatic heterocycles. The van der Waals surface area contributed by atoms with Crippen molar-refractivity contribution in [3.8, 4) is 0 Å². The van der Waals surface area contributed by atoms with Gasteiger partial charge in [-0.15, -0.1) is 0 Å². The van der Waals surface area contributed by atoms with Crippen LogP contribution in [-0.4, -0.2) is 29.1 Å². The van der Waals surface area contributed by atoms with E-state index in [2.05, 4.69) is 24.9 Å². The molecule has 0 aliphatic rings. The van der Waals surface area contributed by atoms with Crippen LogP contribution in [0.2, 0.25) is 0 Å². The molecule has 1 unspecified atom stereocenters. The van der Waals surface area contributed by atoms with Crippen molar-refractivity contribution in [1.82, 2.24) is 4.31 Å². The minimum Gasteiger partial charge on any atom is -0.395 e. The minimum absolute atomic E-state index is 0.0886. The summed E-state index contributed by atoms with van der Waals surface area (Å²) in [6, 6.07) is 10.2. The summed E-state index contributed by atoms with van der Waals surface area (Å²) in [4.78, 5) is 0. The van der Waals surface area contributed by atoms with Crippen molar-refractivity contribution in [1.29, 1.82) is 0 Å². The van der Waals surface area contributed by atoms with E-state index < -0.39 is 0 Å². The second-order valence-corrected chi connectivity index (χ2v) is 3.73. The van der Waals surface area contributed by atoms with Gasteiger partial charge in [0.1, 0.15) is 0 Å². The Kier molecular flexibility index (Phi) is 4.28. The number of hydrogen-bond donors (Lipinski definition) is 2. The second-order valence-electron chi connectivity index (χ2n) is 3.10. The van der Waals surface area contributed by atoms with E-state index in [4.69, 9.17) is 5.11 Å². The fourth-order valence-corrected chi connectivity index (χ4v) is 1.36. The monoisotopic (exact) mass is 197 g/mol. The first kappa shape index (κ1) is 10.6. The Balaban J connectivity index is 2.57. The third kappa shape index (κ3) is 3.38. The van der Waals surface area contributed by atoms with Gasteiger partial charge in [0, 0.05) is 6.04 Å². The smallest absolute Gasteiger partial charge is 0.0599 e. The SMILES string of the molecule is CN(S)C(CO)Cc1ccccc1. The zero-order valence-corrected chi connectivity index (χ0v) is 8.61. The summed E-state index contributed by atoms with van der Waals surface area (Å²) in [7, 11) is 1.85. The van der Waals surface area contributed by atoms with Crippen molar-refractivity contribution < 1.29 is 5.11 Å². The first-order chi connectivity index (χ1) is 6.24. The van der Waals surface area contributed by atoms with E-state index in [1.807, 2.05) is 25.2 Å². The summed E-state index contributed by atoms with van der Waals surface area (Å²) in [6.45, 7) is 0.134. The molecular formula is C10H15NOS. The lowest BCUT2D eigenvalue weighted by atomic mass is 10.1. The molecule has 0 spiro atoms. The lowest BCUT2D eigenvalue weighted by Crippen LogP contribution is -2.29. The Labute approximate surface area is 84.7 Å². The van der Waals surface area contributed by atoms with Crippen molar-refractivity contribution in [2.45, 2.75) is 12.5 Å². The first-order valence-electron chi connectivity index (χ1n) is 4.30. The lowest BCUT2D eigenvalue weighted by molar-refractivity contribution is 0.210. The Hall–Kier alpha value is -0.510. The third-order valence-electron chi connectivity index (χ3n) is 2.05. The quantitative estimate of drug-likeness (QED) is 0.712. The predicted octanol–water partition coefficient (Wildman–Crippen LogP) is 1.37. The van der Waals surface area contributed by atoms with Gasteiger partial charge in [0.15, 0.2) is 0 Å². The summed E-state index contributed by atoms with van der Waals surface area (Å²) in [5.41, 5.74) is 1.22. The van der Waals surface area contributed by atoms with Crippen LogP contribution in [0.4, 0.5) is 0 Å². The summed E-state index contributed by atoms with van der Waals surface area (Å²) in [6.07, 6.45) is 0.831. The van der Waals surface area contributed by atoms with E-state index in [1.54, 1.807) is 4.31 Å². The molecule has 0 saturated heterocycles. The number of benzene rings is 1. The van der Waals surface area contributed by atoms with E-state index in [0.29, 0.717) is 0 Å². The van der Waals surface area contributed by atoms with Crippen LogP contribution in [0.1, 0.15) is 5.56 Å². The maximum atomic E-state index is 9.07. The molecule has 0 heterocycles. The Morgan fingerprint density at radius 3 is 2.46 bits per heavy atom. The van der Waals surface area contributed by atoms with Crippen molar-refractivity contribution in [3.63, 3.8) is 0 Å². The number of likely N-dealkylation sites (N-methyl/N-ethyl adjacent to an activating group) is 1. The largest absolute Gasteiger partial charge is 0.395 e. The Morgan fingerprint density at radius 1 is 1.38 bits per heavy atom. The number of rotatable bonds is 4. The molecule has 0 amide bonds. The second kappa shape index (κ2) is 5.27. The van der Waals surface area contributed by atoms with Gasteiger partial charge < -0.3 is 5.11 Å². The fraction of sp³-hybridized carbons (Fsp3) is 0.400. The number of thiol groups is 1. The molecule has 2 nitrogen and oxygen atoms in total. The predicted molar refractivity (Wildman–Crippen MR) is 57.8 cm³/mol. The number of nitrogens with zero attached hydrogens (tertiary/aromatic N) is 1. The van der Waals surface area contributed by atoms with Crippen LogP contribution < -0.4 is 0 Å². The highest BCUT2D eigenvalue weighted by Crippen LogP contribution is 2.08. The van der Waals surface area contributed by atoms with Gasteiger partial charge in [-0.25, -0.2) is 0 Å². The van der Waals surface area contributed by atoms with Gasteiger partial charge in [0.2, 0.25) is 0 Å². The van der Waals surface area contributed by atoms with E-state index in [1.165, 1.54) is 5.56 Å². The lowest BCUT2D eigenvalue weighted by Gasteiger charge is -2.20. The maximum Gasteiger partial charge on any atom is 0.0599 e. The molecular weight excluding hydrogens is 182 g/mol. The number of aliphatic hydroxyl groups is 1. The highest BCUT2D eigenvalue weighted by atomic mass is 32.1. The molecule has 1 atom stereocenters. The number of hydrogen-bond acceptors (Lipinski definition) is 3. The zero-order chi connectivity index (χ0) is 9.68. The molecule has 1 aromatic carbocycles. The zero-order valence-electron chi connectivity index (χ0n) is 7.72. The molecule has 13 heavy (non-hydrogen) atoms. The van der Waals surface area contributed by atoms with Crippen LogP contribution in [-0.2, 0) is 6.42 Å². The average Bonchev–Trinajstić information content (AvgIpc) is 2.15. The van der Waals surface area contributed by atoms with Crippen molar-refractivity contribution in [2.24, 2.45) is 0 Å². The fourth-order valence-electron chi connectivity index (χ4n) is 1.20. The molecule has 1 aromatic rings. The first-order valence-corrected chi connectivity index (χ1v) is 4.70. The van der Waals surface area contributed by atoms with Crippen molar-refractivity contribution >= 4 is 12.8 Å². The summed E-state index contributed by atoms with van der Waals surface area (Å²) < 4.78 is 1.74. The normalized spacial score (nSPS) is 13.2. The minimum atomic E-state index is 0.0886. The van der Waals surface area contributed by atoms with Crippen LogP contribution in [0.3, 0.4) is 0 Å². The van der Waals surface area contributed by atoms with Gasteiger partial charge >= 0.3 is 0 Å². The summed E-state index contributed by atoms with van der Waals surface area (Å²) >= 11 is 4.18. The van der Waals surface area contributed by atoms with E-state index in [-0.39, 0.29) is 12.6 Å². The van der Waals surface area contributed by atoms with Crippen molar-refractivity contribution in [3.05, 3.63) is 35.9 Å². The highest BCUT2D eigenvalue weighted by molar-refractivity contribution is 7.77. The highest BCUT2D eigenvalue weighted by Gasteiger charge is 2.10. The standard InChI is InChI=1S/C10H15NOS/c1-11(13)10(8-12)7-9-5-3-2-4-6-9/h2-6,10,12-13H,7-8H2,1H3. The topological polar surface area (TPSA) is 23.5 Å². The summed E-state index contributed by atoms with van der Waals surface area (Å²) in [5, 5.41) is 9.07. The molecule has 0 radical (unpaired) electrons. The molecule has 72 valence electrons. The number of aliphatic hydroxyl groups excluding tert-OH is 1. The summed E-state index contributed by atoms with van der Waals surface area (Å²) in [5.74, 6) is 0. The third-order valence-corrected chi connectivity index (χ3v) is 2.38. The van der Waals surface area contributed by atoms with Crippen LogP contribution in [0, 0.1) is 0 Å². The molecule has 0 bridgehead atoms. The molecule has 0 aliphatic heterocycles. The molecule has 1 rings (SSSR count). The van der Waals surface area contributed by atoms with Gasteiger partial charge in [0.05, 0.1) is 6.61 Å². The Morgan fingerprint density at radius 2 is 2.00 bits per heavy atom. The van der Waals surface area contributed by atoms with Crippen LogP contribution in [0.25, 0.3) is 0 Å². The maximum absolute atomic E-state index is 9.07. The van der Waals surface area contributed by atoms with E-state index in [9.17, 15) is 0 Å². The molecule has 0 fully saturated rings. The average molecular weight is 197 g/mol. The van der Waals surface area contributed by atoms with E-state index in [0.717, 1.165) is 6.42 Å². The molecule has 0 saturated carbocycles. The van der Waals surface area contributed by atoms with Gasteiger partial charge in [-0.1, -0.05) is 43.1 Å². The van der Waals surface area contributed by atoms with E-state index >= 15 is 0 Å². The molecule has 3 heteroatoms. The van der Waals surface area contributed by atoms with Crippen molar-refractivity contribution in [2.75, 3.05) is 13.7 Å². The molecule has 0 aliphatic carbocycles. The molecule has 1 N–H and O–H groups in total. The van der Waals surface area contributed by atoms with Gasteiger partial charge in [-0.2, -0.15) is 0 Å². The van der Waals surface area contributed by atoms with Crippen LogP contribution >= 0.6 is 12.8 Å². The van der Waals surface area contributed by atoms with Gasteiger partial charge in [-0.05, 0) is 19.0 Å².